The lowest BCUT2D eigenvalue weighted by molar-refractivity contribution is -0.140. The van der Waals surface area contributed by atoms with Crippen molar-refractivity contribution in [3.05, 3.63) is 73.9 Å². The lowest BCUT2D eigenvalue weighted by atomic mass is 10.0. The molecule has 3 heterocycles. The molecule has 3 aliphatic heterocycles. The van der Waals surface area contributed by atoms with Crippen molar-refractivity contribution in [1.82, 2.24) is 40.0 Å². The minimum absolute atomic E-state index is 0.0283. The Morgan fingerprint density at radius 2 is 1.42 bits per heavy atom. The first-order chi connectivity index (χ1) is 31.0. The predicted octanol–water partition coefficient (Wildman–Crippen LogP) is 3.09. The SMILES string of the molecule is Cc1cc2nc3c(=O)n(CC(=O)N4CCC[C@H]4C(=O)N[C@@H](Cc4ccc(O)cc4)C(=O)N[C@@H](CCC(=O)O)C(=O)NCCCCCCCCCCCC(=O)O)c(=O)nc-3n(C)c2cc1C. The van der Waals surface area contributed by atoms with Crippen LogP contribution in [0.3, 0.4) is 0 Å². The quantitative estimate of drug-likeness (QED) is 0.0437. The van der Waals surface area contributed by atoms with Gasteiger partial charge in [0.15, 0.2) is 11.5 Å². The number of hydrogen-bond acceptors (Lipinski definition) is 11. The van der Waals surface area contributed by atoms with E-state index in [9.17, 15) is 48.6 Å². The van der Waals surface area contributed by atoms with Gasteiger partial charge in [-0.15, -0.1) is 0 Å². The van der Waals surface area contributed by atoms with Gasteiger partial charge in [0.25, 0.3) is 5.56 Å². The second-order valence-electron chi connectivity index (χ2n) is 16.8. The number of nitrogens with one attached hydrogen (secondary N) is 3. The molecular weight excluding hydrogens is 841 g/mol. The van der Waals surface area contributed by atoms with Crippen molar-refractivity contribution in [2.75, 3.05) is 13.1 Å². The molecule has 1 saturated heterocycles. The maximum atomic E-state index is 14.0. The normalized spacial score (nSPS) is 14.6. The van der Waals surface area contributed by atoms with Crippen molar-refractivity contribution in [2.24, 2.45) is 7.05 Å². The molecule has 19 heteroatoms. The van der Waals surface area contributed by atoms with Crippen molar-refractivity contribution >= 4 is 46.6 Å². The van der Waals surface area contributed by atoms with Crippen LogP contribution in [-0.2, 0) is 48.8 Å². The third kappa shape index (κ3) is 13.7. The van der Waals surface area contributed by atoms with Crippen LogP contribution in [0, 0.1) is 13.8 Å². The van der Waals surface area contributed by atoms with Crippen LogP contribution >= 0.6 is 0 Å². The minimum atomic E-state index is -1.31. The molecule has 3 atom stereocenters. The van der Waals surface area contributed by atoms with Crippen LogP contribution in [0.1, 0.15) is 107 Å². The van der Waals surface area contributed by atoms with Gasteiger partial charge in [-0.1, -0.05) is 57.1 Å². The number of hydrogen-bond donors (Lipinski definition) is 6. The summed E-state index contributed by atoms with van der Waals surface area (Å²) in [6.07, 6.45) is 8.12. The molecule has 2 aromatic rings. The highest BCUT2D eigenvalue weighted by atomic mass is 16.4. The summed E-state index contributed by atoms with van der Waals surface area (Å²) < 4.78 is 2.30. The number of amides is 4. The standard InChI is InChI=1S/C46H60N8O11/c1-28-24-33-36(25-29(28)2)52(3)41-40(48-33)45(64)54(46(65)51-41)27-37(56)53-23-13-14-35(53)44(63)50-34(26-30-16-18-31(55)19-17-30)43(62)49-32(20-21-39(59)60)42(61)47-22-12-10-8-6-4-5-7-9-11-15-38(57)58/h16-19,24-25,32,34-35,55H,4-15,20-23,26-27H2,1-3H3,(H,47,61)(H,49,62)(H,50,63)(H,57,58)(H,59,60)/t32-,34-,35-/m0/s1. The molecule has 0 aromatic heterocycles. The van der Waals surface area contributed by atoms with Crippen molar-refractivity contribution in [3.8, 4) is 17.3 Å². The summed E-state index contributed by atoms with van der Waals surface area (Å²) in [5.41, 5.74) is 1.77. The zero-order valence-electron chi connectivity index (χ0n) is 37.3. The molecule has 4 amide bonds. The van der Waals surface area contributed by atoms with E-state index in [2.05, 4.69) is 25.9 Å². The first kappa shape index (κ1) is 49.4. The number of aryl methyl sites for hydroxylation is 3. The molecule has 5 rings (SSSR count). The largest absolute Gasteiger partial charge is 0.508 e. The van der Waals surface area contributed by atoms with Gasteiger partial charge in [0.05, 0.1) is 11.0 Å². The Balaban J connectivity index is 1.24. The molecule has 0 aliphatic carbocycles. The number of fused-ring (bicyclic) bond motifs is 2. The Bertz CT molecular complexity index is 2450. The third-order valence-electron chi connectivity index (χ3n) is 11.9. The summed E-state index contributed by atoms with van der Waals surface area (Å²) in [5.74, 6) is -4.68. The van der Waals surface area contributed by atoms with E-state index in [1.54, 1.807) is 23.7 Å². The fourth-order valence-electron chi connectivity index (χ4n) is 8.06. The second-order valence-corrected chi connectivity index (χ2v) is 16.8. The van der Waals surface area contributed by atoms with E-state index in [4.69, 9.17) is 5.11 Å². The summed E-state index contributed by atoms with van der Waals surface area (Å²) in [6, 6.07) is 5.99. The number of likely N-dealkylation sites (tertiary alicyclic amines) is 1. The van der Waals surface area contributed by atoms with Gasteiger partial charge in [0.2, 0.25) is 23.6 Å². The van der Waals surface area contributed by atoms with Crippen molar-refractivity contribution < 1.29 is 44.1 Å². The number of phenols is 1. The van der Waals surface area contributed by atoms with Crippen LogP contribution in [0.5, 0.6) is 5.75 Å². The van der Waals surface area contributed by atoms with E-state index in [0.29, 0.717) is 47.0 Å². The molecular formula is C46H60N8O11. The zero-order chi connectivity index (χ0) is 47.2. The number of unbranched alkanes of at least 4 members (excludes halogenated alkanes) is 8. The molecule has 3 aliphatic rings. The number of aliphatic carboxylic acids is 2. The number of rotatable bonds is 24. The molecule has 0 saturated carbocycles. The van der Waals surface area contributed by atoms with Crippen molar-refractivity contribution in [1.29, 1.82) is 0 Å². The van der Waals surface area contributed by atoms with Crippen LogP contribution < -0.4 is 27.2 Å². The molecule has 1 fully saturated rings. The number of aromatic nitrogens is 4. The van der Waals surface area contributed by atoms with Gasteiger partial charge in [-0.2, -0.15) is 4.98 Å². The van der Waals surface area contributed by atoms with E-state index in [0.717, 1.165) is 56.1 Å². The lowest BCUT2D eigenvalue weighted by Gasteiger charge is -2.27. The number of nitrogens with zero attached hydrogens (tertiary/aromatic N) is 5. The van der Waals surface area contributed by atoms with Gasteiger partial charge in [-0.3, -0.25) is 33.6 Å². The van der Waals surface area contributed by atoms with Crippen molar-refractivity contribution in [3.63, 3.8) is 0 Å². The highest BCUT2D eigenvalue weighted by Crippen LogP contribution is 2.23. The first-order valence-electron chi connectivity index (χ1n) is 22.3. The molecule has 2 aromatic carbocycles. The van der Waals surface area contributed by atoms with Crippen LogP contribution in [0.2, 0.25) is 0 Å². The number of phenolic OH excluding ortho intramolecular Hbond substituents is 1. The van der Waals surface area contributed by atoms with Gasteiger partial charge in [0.1, 0.15) is 30.4 Å². The Morgan fingerprint density at radius 3 is 2.08 bits per heavy atom. The zero-order valence-corrected chi connectivity index (χ0v) is 37.3. The van der Waals surface area contributed by atoms with Gasteiger partial charge in [-0.05, 0) is 86.9 Å². The third-order valence-corrected chi connectivity index (χ3v) is 11.9. The van der Waals surface area contributed by atoms with E-state index in [1.807, 2.05) is 26.0 Å². The van der Waals surface area contributed by atoms with E-state index in [1.165, 1.54) is 17.0 Å². The molecule has 6 N–H and O–H groups in total. The van der Waals surface area contributed by atoms with E-state index < -0.39 is 77.9 Å². The molecule has 19 nitrogen and oxygen atoms in total. The smallest absolute Gasteiger partial charge is 0.353 e. The number of carbonyl (C=O) groups excluding carboxylic acids is 4. The van der Waals surface area contributed by atoms with Crippen LogP contribution in [0.4, 0.5) is 0 Å². The summed E-state index contributed by atoms with van der Waals surface area (Å²) in [5, 5.41) is 36.2. The van der Waals surface area contributed by atoms with Crippen LogP contribution in [-0.4, -0.2) is 106 Å². The number of carboxylic acids is 2. The summed E-state index contributed by atoms with van der Waals surface area (Å²) >= 11 is 0. The molecule has 0 radical (unpaired) electrons. The summed E-state index contributed by atoms with van der Waals surface area (Å²) in [7, 11) is 1.67. The molecule has 65 heavy (non-hydrogen) atoms. The summed E-state index contributed by atoms with van der Waals surface area (Å²) in [4.78, 5) is 114. The Morgan fingerprint density at radius 1 is 0.785 bits per heavy atom. The fourth-order valence-corrected chi connectivity index (χ4v) is 8.06. The van der Waals surface area contributed by atoms with Crippen LogP contribution in [0.25, 0.3) is 22.6 Å². The minimum Gasteiger partial charge on any atom is -0.508 e. The fraction of sp³-hybridized carbons (Fsp3) is 0.522. The Kier molecular flexibility index (Phi) is 17.7. The average molecular weight is 901 g/mol. The van der Waals surface area contributed by atoms with E-state index >= 15 is 0 Å². The average Bonchev–Trinajstić information content (AvgIpc) is 3.76. The molecule has 0 unspecified atom stereocenters. The number of carboxylic acid groups (broad SMARTS) is 2. The highest BCUT2D eigenvalue weighted by molar-refractivity contribution is 5.95. The van der Waals surface area contributed by atoms with Gasteiger partial charge < -0.3 is 40.7 Å². The maximum Gasteiger partial charge on any atom is 0.353 e. The number of aromatic hydroxyl groups is 1. The predicted molar refractivity (Wildman–Crippen MR) is 239 cm³/mol. The van der Waals surface area contributed by atoms with Gasteiger partial charge in [-0.25, -0.2) is 14.3 Å². The van der Waals surface area contributed by atoms with Crippen molar-refractivity contribution in [2.45, 2.75) is 135 Å². The van der Waals surface area contributed by atoms with Crippen LogP contribution in [0.15, 0.2) is 46.0 Å². The number of carbonyl (C=O) groups is 6. The maximum absolute atomic E-state index is 14.0. The molecule has 0 spiro atoms. The lowest BCUT2D eigenvalue weighted by Crippen LogP contribution is -2.57. The highest BCUT2D eigenvalue weighted by Gasteiger charge is 2.37. The molecule has 0 bridgehead atoms. The van der Waals surface area contributed by atoms with Gasteiger partial charge >= 0.3 is 17.6 Å². The topological polar surface area (TPSA) is 272 Å². The Labute approximate surface area is 376 Å². The molecule has 350 valence electrons. The number of benzene rings is 2. The Hall–Kier alpha value is -6.66. The van der Waals surface area contributed by atoms with Gasteiger partial charge in [0, 0.05) is 39.4 Å². The monoisotopic (exact) mass is 900 g/mol. The first-order valence-corrected chi connectivity index (χ1v) is 22.3. The van der Waals surface area contributed by atoms with E-state index in [-0.39, 0.29) is 49.5 Å². The summed E-state index contributed by atoms with van der Waals surface area (Å²) in [6.45, 7) is 3.55. The second kappa shape index (κ2) is 23.3.